The molecule has 1 atom stereocenters. The number of carbonyl (C=O) groups excluding carboxylic acids is 2. The summed E-state index contributed by atoms with van der Waals surface area (Å²) >= 11 is 0. The van der Waals surface area contributed by atoms with Gasteiger partial charge in [0.05, 0.1) is 18.7 Å². The number of ketones is 1. The summed E-state index contributed by atoms with van der Waals surface area (Å²) in [6.45, 7) is 2.59. The van der Waals surface area contributed by atoms with Crippen molar-refractivity contribution in [2.45, 2.75) is 32.2 Å². The molecule has 0 radical (unpaired) electrons. The van der Waals surface area contributed by atoms with Crippen molar-refractivity contribution in [1.82, 2.24) is 4.90 Å². The van der Waals surface area contributed by atoms with Gasteiger partial charge < -0.3 is 9.64 Å². The zero-order chi connectivity index (χ0) is 18.7. The average Bonchev–Trinajstić information content (AvgIpc) is 2.66. The van der Waals surface area contributed by atoms with Gasteiger partial charge in [0, 0.05) is 19.4 Å². The van der Waals surface area contributed by atoms with Crippen LogP contribution in [0, 0.1) is 5.82 Å². The number of benzene rings is 2. The molecule has 3 rings (SSSR count). The van der Waals surface area contributed by atoms with Crippen molar-refractivity contribution < 1.29 is 18.7 Å². The lowest BCUT2D eigenvalue weighted by Gasteiger charge is -2.35. The molecule has 0 aliphatic carbocycles. The fourth-order valence-corrected chi connectivity index (χ4v) is 3.46. The Morgan fingerprint density at radius 2 is 1.96 bits per heavy atom. The molecule has 136 valence electrons. The number of ether oxygens (including phenoxy) is 1. The van der Waals surface area contributed by atoms with Crippen molar-refractivity contribution in [2.24, 2.45) is 0 Å². The van der Waals surface area contributed by atoms with Gasteiger partial charge in [-0.25, -0.2) is 4.39 Å². The SMILES string of the molecule is COc1ccc2c(c1)CCN(C(=O)CCC(=O)c1ccccc1F)C2C. The van der Waals surface area contributed by atoms with E-state index in [2.05, 4.69) is 0 Å². The van der Waals surface area contributed by atoms with Crippen molar-refractivity contribution in [3.8, 4) is 5.75 Å². The number of fused-ring (bicyclic) bond motifs is 1. The molecule has 0 saturated heterocycles. The maximum absolute atomic E-state index is 13.7. The second-order valence-corrected chi connectivity index (χ2v) is 6.48. The molecule has 5 heteroatoms. The van der Waals surface area contributed by atoms with Crippen molar-refractivity contribution in [3.63, 3.8) is 0 Å². The van der Waals surface area contributed by atoms with Crippen LogP contribution in [-0.2, 0) is 11.2 Å². The molecular weight excluding hydrogens is 333 g/mol. The summed E-state index contributed by atoms with van der Waals surface area (Å²) < 4.78 is 18.9. The van der Waals surface area contributed by atoms with Crippen molar-refractivity contribution in [2.75, 3.05) is 13.7 Å². The molecule has 0 fully saturated rings. The highest BCUT2D eigenvalue weighted by molar-refractivity contribution is 5.98. The summed E-state index contributed by atoms with van der Waals surface area (Å²) in [4.78, 5) is 26.6. The van der Waals surface area contributed by atoms with Gasteiger partial charge in [0.1, 0.15) is 11.6 Å². The number of methoxy groups -OCH3 is 1. The van der Waals surface area contributed by atoms with Gasteiger partial charge >= 0.3 is 0 Å². The predicted molar refractivity (Wildman–Crippen MR) is 96.8 cm³/mol. The summed E-state index contributed by atoms with van der Waals surface area (Å²) in [6.07, 6.45) is 0.853. The number of hydrogen-bond acceptors (Lipinski definition) is 3. The Hall–Kier alpha value is -2.69. The first-order chi connectivity index (χ1) is 12.5. The van der Waals surface area contributed by atoms with Crippen LogP contribution in [-0.4, -0.2) is 30.2 Å². The minimum absolute atomic E-state index is 0.0124. The monoisotopic (exact) mass is 355 g/mol. The molecule has 4 nitrogen and oxygen atoms in total. The topological polar surface area (TPSA) is 46.6 Å². The van der Waals surface area contributed by atoms with Crippen LogP contribution in [0.4, 0.5) is 4.39 Å². The van der Waals surface area contributed by atoms with Crippen LogP contribution in [0.25, 0.3) is 0 Å². The lowest BCUT2D eigenvalue weighted by atomic mass is 9.92. The molecule has 0 spiro atoms. The third-order valence-corrected chi connectivity index (χ3v) is 4.95. The molecule has 1 aliphatic heterocycles. The quantitative estimate of drug-likeness (QED) is 0.763. The minimum atomic E-state index is -0.542. The summed E-state index contributed by atoms with van der Waals surface area (Å²) in [7, 11) is 1.64. The van der Waals surface area contributed by atoms with Gasteiger partial charge in [0.15, 0.2) is 5.78 Å². The van der Waals surface area contributed by atoms with E-state index in [1.165, 1.54) is 17.7 Å². The van der Waals surface area contributed by atoms with E-state index in [9.17, 15) is 14.0 Å². The van der Waals surface area contributed by atoms with Gasteiger partial charge in [-0.15, -0.1) is 0 Å². The summed E-state index contributed by atoms with van der Waals surface area (Å²) in [5.74, 6) is -0.153. The largest absolute Gasteiger partial charge is 0.497 e. The molecule has 0 aromatic heterocycles. The molecule has 0 bridgehead atoms. The van der Waals surface area contributed by atoms with Gasteiger partial charge in [-0.3, -0.25) is 9.59 Å². The Balaban J connectivity index is 1.65. The smallest absolute Gasteiger partial charge is 0.223 e. The predicted octanol–water partition coefficient (Wildman–Crippen LogP) is 3.94. The molecule has 2 aromatic rings. The lowest BCUT2D eigenvalue weighted by Crippen LogP contribution is -2.39. The lowest BCUT2D eigenvalue weighted by molar-refractivity contribution is -0.133. The molecule has 1 unspecified atom stereocenters. The highest BCUT2D eigenvalue weighted by Crippen LogP contribution is 2.32. The number of Topliss-reactive ketones (excluding diaryl/α,β-unsaturated/α-hetero) is 1. The van der Waals surface area contributed by atoms with Crippen LogP contribution in [0.5, 0.6) is 5.75 Å². The van der Waals surface area contributed by atoms with Gasteiger partial charge in [0.2, 0.25) is 5.91 Å². The Morgan fingerprint density at radius 1 is 1.19 bits per heavy atom. The van der Waals surface area contributed by atoms with Crippen LogP contribution in [0.2, 0.25) is 0 Å². The third-order valence-electron chi connectivity index (χ3n) is 4.95. The van der Waals surface area contributed by atoms with E-state index >= 15 is 0 Å². The summed E-state index contributed by atoms with van der Waals surface area (Å²) in [5, 5.41) is 0. The van der Waals surface area contributed by atoms with Gasteiger partial charge in [0.25, 0.3) is 0 Å². The normalized spacial score (nSPS) is 16.1. The Morgan fingerprint density at radius 3 is 2.69 bits per heavy atom. The highest BCUT2D eigenvalue weighted by atomic mass is 19.1. The van der Waals surface area contributed by atoms with Crippen molar-refractivity contribution >= 4 is 11.7 Å². The van der Waals surface area contributed by atoms with Crippen LogP contribution in [0.3, 0.4) is 0 Å². The first-order valence-corrected chi connectivity index (χ1v) is 8.75. The van der Waals surface area contributed by atoms with E-state index < -0.39 is 5.82 Å². The number of nitrogens with zero attached hydrogens (tertiary/aromatic N) is 1. The molecule has 0 saturated carbocycles. The molecule has 2 aromatic carbocycles. The van der Waals surface area contributed by atoms with E-state index in [0.29, 0.717) is 6.54 Å². The molecule has 1 amide bonds. The number of rotatable bonds is 5. The van der Waals surface area contributed by atoms with Crippen LogP contribution in [0.1, 0.15) is 47.3 Å². The van der Waals surface area contributed by atoms with E-state index in [0.717, 1.165) is 17.7 Å². The first-order valence-electron chi connectivity index (χ1n) is 8.75. The van der Waals surface area contributed by atoms with Gasteiger partial charge in [-0.2, -0.15) is 0 Å². The van der Waals surface area contributed by atoms with Crippen LogP contribution >= 0.6 is 0 Å². The molecular formula is C21H22FNO3. The van der Waals surface area contributed by atoms with E-state index in [1.807, 2.05) is 25.1 Å². The minimum Gasteiger partial charge on any atom is -0.497 e. The zero-order valence-electron chi connectivity index (χ0n) is 15.0. The number of hydrogen-bond donors (Lipinski definition) is 0. The maximum atomic E-state index is 13.7. The van der Waals surface area contributed by atoms with E-state index in [4.69, 9.17) is 4.74 Å². The second kappa shape index (κ2) is 7.68. The highest BCUT2D eigenvalue weighted by Gasteiger charge is 2.28. The molecule has 0 N–H and O–H groups in total. The maximum Gasteiger partial charge on any atom is 0.223 e. The Kier molecular flexibility index (Phi) is 5.35. The molecule has 1 aliphatic rings. The second-order valence-electron chi connectivity index (χ2n) is 6.48. The van der Waals surface area contributed by atoms with Crippen molar-refractivity contribution in [3.05, 3.63) is 65.0 Å². The van der Waals surface area contributed by atoms with Crippen LogP contribution < -0.4 is 4.74 Å². The van der Waals surface area contributed by atoms with E-state index in [-0.39, 0.29) is 36.1 Å². The summed E-state index contributed by atoms with van der Waals surface area (Å²) in [6, 6.07) is 11.7. The van der Waals surface area contributed by atoms with Crippen LogP contribution in [0.15, 0.2) is 42.5 Å². The van der Waals surface area contributed by atoms with E-state index in [1.54, 1.807) is 24.1 Å². The van der Waals surface area contributed by atoms with Crippen molar-refractivity contribution in [1.29, 1.82) is 0 Å². The standard InChI is InChI=1S/C21H22FNO3/c1-14-17-8-7-16(26-2)13-15(17)11-12-23(14)21(25)10-9-20(24)18-5-3-4-6-19(18)22/h3-8,13-14H,9-12H2,1-2H3. The fourth-order valence-electron chi connectivity index (χ4n) is 3.46. The Bertz CT molecular complexity index is 834. The molecule has 26 heavy (non-hydrogen) atoms. The third kappa shape index (κ3) is 3.62. The van der Waals surface area contributed by atoms with Gasteiger partial charge in [-0.05, 0) is 48.7 Å². The Labute approximate surface area is 152 Å². The average molecular weight is 355 g/mol. The fraction of sp³-hybridized carbons (Fsp3) is 0.333. The summed E-state index contributed by atoms with van der Waals surface area (Å²) in [5.41, 5.74) is 2.33. The molecule has 1 heterocycles. The van der Waals surface area contributed by atoms with Gasteiger partial charge in [-0.1, -0.05) is 18.2 Å². The number of carbonyl (C=O) groups is 2. The first kappa shape index (κ1) is 18.1. The zero-order valence-corrected chi connectivity index (χ0v) is 15.0. The number of halogens is 1. The number of amides is 1.